The van der Waals surface area contributed by atoms with Crippen LogP contribution in [0.2, 0.25) is 0 Å². The fourth-order valence-corrected chi connectivity index (χ4v) is 7.34. The van der Waals surface area contributed by atoms with Gasteiger partial charge in [0.2, 0.25) is 0 Å². The molecular weight excluding hydrogens is 693 g/mol. The van der Waals surface area contributed by atoms with Crippen LogP contribution in [0.25, 0.3) is 0 Å². The summed E-state index contributed by atoms with van der Waals surface area (Å²) >= 11 is 0. The highest BCUT2D eigenvalue weighted by atomic mass is 16.6. The maximum Gasteiger partial charge on any atom is 0.308 e. The van der Waals surface area contributed by atoms with Gasteiger partial charge in [0.1, 0.15) is 11.2 Å². The van der Waals surface area contributed by atoms with E-state index in [9.17, 15) is 9.59 Å². The lowest BCUT2D eigenvalue weighted by Crippen LogP contribution is -2.35. The van der Waals surface area contributed by atoms with Crippen molar-refractivity contribution in [2.24, 2.45) is 0 Å². The zero-order valence-electron chi connectivity index (χ0n) is 34.5. The van der Waals surface area contributed by atoms with E-state index in [1.807, 2.05) is 65.8 Å². The van der Waals surface area contributed by atoms with E-state index < -0.39 is 11.2 Å². The molecule has 0 aliphatic carbocycles. The molecule has 4 atom stereocenters. The molecule has 0 aliphatic heterocycles. The number of carbonyl (C=O) groups excluding carboxylic acids is 2. The number of rotatable bonds is 16. The highest BCUT2D eigenvalue weighted by molar-refractivity contribution is 5.71. The predicted molar refractivity (Wildman–Crippen MR) is 227 cm³/mol. The SMILES string of the molecule is C[C@H](c1ccccc1)N(Cc1ccccc1)[C@@H](CC(=O)OC(C)(C)C)c1ccc([C@@H](CC(=O)OC(C)(C)C)N(Cc2ccccc2)[C@@H](C)c2ccccc2)cc1. The molecule has 0 radical (unpaired) electrons. The van der Waals surface area contributed by atoms with Gasteiger partial charge in [-0.2, -0.15) is 0 Å². The summed E-state index contributed by atoms with van der Waals surface area (Å²) in [5.41, 5.74) is 5.41. The Kier molecular flexibility index (Phi) is 14.4. The Morgan fingerprint density at radius 3 is 1.02 bits per heavy atom. The highest BCUT2D eigenvalue weighted by Gasteiger charge is 2.33. The Morgan fingerprint density at radius 1 is 0.446 bits per heavy atom. The van der Waals surface area contributed by atoms with Crippen LogP contribution in [0.3, 0.4) is 0 Å². The molecule has 0 aliphatic rings. The summed E-state index contributed by atoms with van der Waals surface area (Å²) in [6.07, 6.45) is 0.347. The van der Waals surface area contributed by atoms with E-state index >= 15 is 0 Å². The van der Waals surface area contributed by atoms with Gasteiger partial charge in [0.15, 0.2) is 0 Å². The number of ether oxygens (including phenoxy) is 2. The minimum absolute atomic E-state index is 0.0171. The molecule has 56 heavy (non-hydrogen) atoms. The van der Waals surface area contributed by atoms with Gasteiger partial charge in [0.25, 0.3) is 0 Å². The molecule has 5 aromatic carbocycles. The molecule has 0 saturated carbocycles. The lowest BCUT2D eigenvalue weighted by atomic mass is 9.92. The average molecular weight is 753 g/mol. The Labute approximate surface area is 335 Å². The first kappa shape index (κ1) is 42.1. The summed E-state index contributed by atoms with van der Waals surface area (Å²) in [7, 11) is 0. The maximum absolute atomic E-state index is 13.7. The number of benzene rings is 5. The number of hydrogen-bond acceptors (Lipinski definition) is 6. The molecule has 0 fully saturated rings. The van der Waals surface area contributed by atoms with Gasteiger partial charge in [-0.05, 0) is 88.8 Å². The third-order valence-electron chi connectivity index (χ3n) is 10.0. The van der Waals surface area contributed by atoms with Crippen molar-refractivity contribution in [3.63, 3.8) is 0 Å². The standard InChI is InChI=1S/C50H60N2O4/c1-37(41-25-17-11-18-26-41)51(35-39-21-13-9-14-22-39)45(33-47(53)55-49(3,4)5)43-29-31-44(32-30-43)46(34-48(54)56-50(6,7)8)52(36-40-23-15-10-16-24-40)38(2)42-27-19-12-20-28-42/h9-32,37-38,45-46H,33-36H2,1-8H3/t37-,38+,45+,46-. The molecule has 0 heterocycles. The summed E-state index contributed by atoms with van der Waals surface area (Å²) in [6.45, 7) is 17.1. The molecule has 6 nitrogen and oxygen atoms in total. The van der Waals surface area contributed by atoms with Gasteiger partial charge in [0, 0.05) is 37.3 Å². The van der Waals surface area contributed by atoms with Gasteiger partial charge in [-0.25, -0.2) is 0 Å². The Hall–Kier alpha value is -5.04. The third-order valence-corrected chi connectivity index (χ3v) is 10.0. The molecule has 0 aromatic heterocycles. The van der Waals surface area contributed by atoms with Crippen molar-refractivity contribution < 1.29 is 19.1 Å². The summed E-state index contributed by atoms with van der Waals surface area (Å²) in [4.78, 5) is 32.3. The molecule has 294 valence electrons. The first-order valence-corrected chi connectivity index (χ1v) is 19.9. The van der Waals surface area contributed by atoms with Crippen LogP contribution in [0.5, 0.6) is 0 Å². The van der Waals surface area contributed by atoms with Gasteiger partial charge < -0.3 is 9.47 Å². The molecule has 0 bridgehead atoms. The van der Waals surface area contributed by atoms with Crippen LogP contribution in [-0.4, -0.2) is 32.9 Å². The van der Waals surface area contributed by atoms with E-state index in [4.69, 9.17) is 9.47 Å². The first-order chi connectivity index (χ1) is 26.7. The molecule has 0 saturated heterocycles. The second-order valence-corrected chi connectivity index (χ2v) is 16.8. The van der Waals surface area contributed by atoms with Crippen molar-refractivity contribution in [3.05, 3.63) is 179 Å². The predicted octanol–water partition coefficient (Wildman–Crippen LogP) is 11.8. The smallest absolute Gasteiger partial charge is 0.308 e. The lowest BCUT2D eigenvalue weighted by molar-refractivity contribution is -0.158. The average Bonchev–Trinajstić information content (AvgIpc) is 3.17. The van der Waals surface area contributed by atoms with E-state index in [1.54, 1.807) is 0 Å². The Bertz CT molecular complexity index is 1790. The van der Waals surface area contributed by atoms with Gasteiger partial charge in [0.05, 0.1) is 12.8 Å². The maximum atomic E-state index is 13.7. The normalized spacial score (nSPS) is 14.2. The van der Waals surface area contributed by atoms with Gasteiger partial charge in [-0.15, -0.1) is 0 Å². The summed E-state index contributed by atoms with van der Waals surface area (Å²) in [5, 5.41) is 0. The lowest BCUT2D eigenvalue weighted by Gasteiger charge is -2.39. The van der Waals surface area contributed by atoms with Crippen LogP contribution < -0.4 is 0 Å². The van der Waals surface area contributed by atoms with Crippen LogP contribution in [-0.2, 0) is 32.2 Å². The van der Waals surface area contributed by atoms with E-state index in [0.717, 1.165) is 33.4 Å². The molecule has 5 rings (SSSR count). The fraction of sp³-hybridized carbons (Fsp3) is 0.360. The van der Waals surface area contributed by atoms with Gasteiger partial charge in [-0.3, -0.25) is 19.4 Å². The molecule has 0 unspecified atom stereocenters. The third kappa shape index (κ3) is 12.5. The van der Waals surface area contributed by atoms with Crippen molar-refractivity contribution in [3.8, 4) is 0 Å². The largest absolute Gasteiger partial charge is 0.460 e. The topological polar surface area (TPSA) is 59.1 Å². The van der Waals surface area contributed by atoms with E-state index in [0.29, 0.717) is 13.1 Å². The van der Waals surface area contributed by atoms with E-state index in [2.05, 4.69) is 145 Å². The van der Waals surface area contributed by atoms with Crippen LogP contribution in [0.4, 0.5) is 0 Å². The number of hydrogen-bond donors (Lipinski definition) is 0. The highest BCUT2D eigenvalue weighted by Crippen LogP contribution is 2.39. The van der Waals surface area contributed by atoms with Crippen molar-refractivity contribution in [1.82, 2.24) is 9.80 Å². The Morgan fingerprint density at radius 2 is 0.732 bits per heavy atom. The first-order valence-electron chi connectivity index (χ1n) is 19.9. The van der Waals surface area contributed by atoms with Gasteiger partial charge >= 0.3 is 11.9 Å². The summed E-state index contributed by atoms with van der Waals surface area (Å²) < 4.78 is 11.9. The zero-order valence-corrected chi connectivity index (χ0v) is 34.5. The van der Waals surface area contributed by atoms with E-state index in [1.165, 1.54) is 0 Å². The molecule has 5 aromatic rings. The molecular formula is C50H60N2O4. The van der Waals surface area contributed by atoms with Crippen molar-refractivity contribution in [2.75, 3.05) is 0 Å². The van der Waals surface area contributed by atoms with Crippen molar-refractivity contribution in [2.45, 2.75) is 117 Å². The van der Waals surface area contributed by atoms with Gasteiger partial charge in [-0.1, -0.05) is 146 Å². The van der Waals surface area contributed by atoms with Crippen molar-refractivity contribution in [1.29, 1.82) is 0 Å². The number of esters is 2. The zero-order chi connectivity index (χ0) is 40.3. The summed E-state index contributed by atoms with van der Waals surface area (Å²) in [5.74, 6) is -0.503. The fourth-order valence-electron chi connectivity index (χ4n) is 7.34. The monoisotopic (exact) mass is 752 g/mol. The molecule has 6 heteroatoms. The summed E-state index contributed by atoms with van der Waals surface area (Å²) in [6, 6.07) is 49.6. The second-order valence-electron chi connectivity index (χ2n) is 16.8. The van der Waals surface area contributed by atoms with Crippen LogP contribution in [0.15, 0.2) is 146 Å². The van der Waals surface area contributed by atoms with Crippen LogP contribution in [0, 0.1) is 0 Å². The quantitative estimate of drug-likeness (QED) is 0.0936. The molecule has 0 amide bonds. The minimum atomic E-state index is -0.618. The van der Waals surface area contributed by atoms with E-state index in [-0.39, 0.29) is 48.9 Å². The number of nitrogens with zero attached hydrogens (tertiary/aromatic N) is 2. The second kappa shape index (κ2) is 19.2. The number of carbonyl (C=O) groups is 2. The molecule has 0 spiro atoms. The Balaban J connectivity index is 1.60. The minimum Gasteiger partial charge on any atom is -0.460 e. The molecule has 0 N–H and O–H groups in total. The van der Waals surface area contributed by atoms with Crippen molar-refractivity contribution >= 4 is 11.9 Å². The van der Waals surface area contributed by atoms with Crippen LogP contribution in [0.1, 0.15) is 126 Å². The van der Waals surface area contributed by atoms with Crippen LogP contribution >= 0.6 is 0 Å².